The summed E-state index contributed by atoms with van der Waals surface area (Å²) < 4.78 is 19.4. The number of nitrogens with two attached hydrogens (primary N) is 1. The molecule has 0 spiro atoms. The number of hydrogen-bond acceptors (Lipinski definition) is 2. The van der Waals surface area contributed by atoms with E-state index in [2.05, 4.69) is 0 Å². The van der Waals surface area contributed by atoms with Gasteiger partial charge in [0.05, 0.1) is 7.11 Å². The van der Waals surface area contributed by atoms with Crippen LogP contribution in [0.5, 0.6) is 5.75 Å². The van der Waals surface area contributed by atoms with Crippen molar-refractivity contribution in [2.75, 3.05) is 7.11 Å². The lowest BCUT2D eigenvalue weighted by molar-refractivity contribution is 0.387. The van der Waals surface area contributed by atoms with Crippen LogP contribution in [0.4, 0.5) is 4.39 Å². The Kier molecular flexibility index (Phi) is 2.99. The Labute approximate surface area is 112 Å². The zero-order valence-electron chi connectivity index (χ0n) is 10.8. The lowest BCUT2D eigenvalue weighted by Gasteiger charge is -2.12. The van der Waals surface area contributed by atoms with Crippen LogP contribution in [0, 0.1) is 5.82 Å². The Balaban J connectivity index is 2.19. The standard InChI is InChI=1S/C16H16FNO/c1-19-15-7-3-6-13(16(15)17)10-4-2-5-12-11(10)8-9-14(12)18/h2-7,14H,8-9,18H2,1H3. The monoisotopic (exact) mass is 257 g/mol. The van der Waals surface area contributed by atoms with E-state index in [1.165, 1.54) is 12.7 Å². The maximum atomic E-state index is 14.4. The van der Waals surface area contributed by atoms with Crippen molar-refractivity contribution in [1.29, 1.82) is 0 Å². The second-order valence-corrected chi connectivity index (χ2v) is 4.84. The van der Waals surface area contributed by atoms with Crippen molar-refractivity contribution in [2.24, 2.45) is 5.73 Å². The molecule has 3 rings (SSSR count). The fraction of sp³-hybridized carbons (Fsp3) is 0.250. The summed E-state index contributed by atoms with van der Waals surface area (Å²) in [4.78, 5) is 0. The lowest BCUT2D eigenvalue weighted by atomic mass is 9.96. The summed E-state index contributed by atoms with van der Waals surface area (Å²) in [5.74, 6) is -0.0312. The molecule has 0 radical (unpaired) electrons. The average molecular weight is 257 g/mol. The second-order valence-electron chi connectivity index (χ2n) is 4.84. The van der Waals surface area contributed by atoms with Crippen LogP contribution in [0.3, 0.4) is 0 Å². The molecule has 0 aromatic heterocycles. The second kappa shape index (κ2) is 4.67. The molecule has 0 aliphatic heterocycles. The van der Waals surface area contributed by atoms with Crippen LogP contribution in [0.2, 0.25) is 0 Å². The first-order valence-electron chi connectivity index (χ1n) is 6.42. The van der Waals surface area contributed by atoms with Crippen molar-refractivity contribution in [3.05, 3.63) is 53.3 Å². The van der Waals surface area contributed by atoms with E-state index >= 15 is 0 Å². The van der Waals surface area contributed by atoms with Gasteiger partial charge in [-0.05, 0) is 35.6 Å². The predicted molar refractivity (Wildman–Crippen MR) is 73.6 cm³/mol. The normalized spacial score (nSPS) is 17.3. The van der Waals surface area contributed by atoms with E-state index in [4.69, 9.17) is 10.5 Å². The molecule has 0 saturated heterocycles. The Bertz CT molecular complexity index is 624. The number of ether oxygens (including phenoxy) is 1. The maximum absolute atomic E-state index is 14.4. The van der Waals surface area contributed by atoms with E-state index in [0.717, 1.165) is 24.0 Å². The van der Waals surface area contributed by atoms with Gasteiger partial charge in [-0.2, -0.15) is 0 Å². The summed E-state index contributed by atoms with van der Waals surface area (Å²) >= 11 is 0. The smallest absolute Gasteiger partial charge is 0.172 e. The average Bonchev–Trinajstić information content (AvgIpc) is 2.81. The molecule has 0 fully saturated rings. The van der Waals surface area contributed by atoms with E-state index < -0.39 is 0 Å². The molecule has 2 nitrogen and oxygen atoms in total. The number of halogens is 1. The largest absolute Gasteiger partial charge is 0.494 e. The van der Waals surface area contributed by atoms with E-state index in [0.29, 0.717) is 5.56 Å². The molecule has 2 N–H and O–H groups in total. The van der Waals surface area contributed by atoms with Gasteiger partial charge in [-0.1, -0.05) is 30.3 Å². The first-order valence-corrected chi connectivity index (χ1v) is 6.42. The highest BCUT2D eigenvalue weighted by atomic mass is 19.1. The molecule has 2 aromatic carbocycles. The fourth-order valence-corrected chi connectivity index (χ4v) is 2.82. The summed E-state index contributed by atoms with van der Waals surface area (Å²) in [6.07, 6.45) is 1.83. The van der Waals surface area contributed by atoms with E-state index in [-0.39, 0.29) is 17.6 Å². The maximum Gasteiger partial charge on any atom is 0.172 e. The SMILES string of the molecule is COc1cccc(-c2cccc3c2CCC3N)c1F. The minimum Gasteiger partial charge on any atom is -0.494 e. The number of methoxy groups -OCH3 is 1. The Morgan fingerprint density at radius 3 is 2.68 bits per heavy atom. The summed E-state index contributed by atoms with van der Waals surface area (Å²) in [7, 11) is 1.48. The molecule has 0 bridgehead atoms. The van der Waals surface area contributed by atoms with Gasteiger partial charge in [0.2, 0.25) is 0 Å². The molecule has 0 amide bonds. The molecule has 3 heteroatoms. The number of fused-ring (bicyclic) bond motifs is 1. The Hall–Kier alpha value is -1.87. The van der Waals surface area contributed by atoms with Gasteiger partial charge in [0.1, 0.15) is 0 Å². The van der Waals surface area contributed by atoms with Gasteiger partial charge >= 0.3 is 0 Å². The first-order chi connectivity index (χ1) is 9.22. The van der Waals surface area contributed by atoms with E-state index in [9.17, 15) is 4.39 Å². The molecule has 0 heterocycles. The zero-order chi connectivity index (χ0) is 13.4. The van der Waals surface area contributed by atoms with Crippen molar-refractivity contribution in [3.63, 3.8) is 0 Å². The van der Waals surface area contributed by atoms with Crippen LogP contribution in [-0.4, -0.2) is 7.11 Å². The summed E-state index contributed by atoms with van der Waals surface area (Å²) in [5, 5.41) is 0. The highest BCUT2D eigenvalue weighted by Crippen LogP contribution is 2.38. The Morgan fingerprint density at radius 1 is 1.16 bits per heavy atom. The number of hydrogen-bond donors (Lipinski definition) is 1. The van der Waals surface area contributed by atoms with Crippen LogP contribution >= 0.6 is 0 Å². The van der Waals surface area contributed by atoms with Crippen molar-refractivity contribution >= 4 is 0 Å². The third-order valence-corrected chi connectivity index (χ3v) is 3.79. The zero-order valence-corrected chi connectivity index (χ0v) is 10.8. The minimum atomic E-state index is -0.307. The molecule has 1 aliphatic carbocycles. The van der Waals surface area contributed by atoms with Gasteiger partial charge < -0.3 is 10.5 Å². The topological polar surface area (TPSA) is 35.2 Å². The van der Waals surface area contributed by atoms with Crippen LogP contribution in [-0.2, 0) is 6.42 Å². The van der Waals surface area contributed by atoms with E-state index in [1.807, 2.05) is 24.3 Å². The molecule has 1 unspecified atom stereocenters. The lowest BCUT2D eigenvalue weighted by Crippen LogP contribution is -2.05. The summed E-state index contributed by atoms with van der Waals surface area (Å²) in [6, 6.07) is 11.2. The highest BCUT2D eigenvalue weighted by molar-refractivity contribution is 5.71. The molecule has 1 atom stereocenters. The third-order valence-electron chi connectivity index (χ3n) is 3.79. The predicted octanol–water partition coefficient (Wildman–Crippen LogP) is 3.45. The van der Waals surface area contributed by atoms with E-state index in [1.54, 1.807) is 12.1 Å². The quantitative estimate of drug-likeness (QED) is 0.894. The van der Waals surface area contributed by atoms with Crippen molar-refractivity contribution < 1.29 is 9.13 Å². The highest BCUT2D eigenvalue weighted by Gasteiger charge is 2.23. The molecule has 19 heavy (non-hydrogen) atoms. The van der Waals surface area contributed by atoms with Gasteiger partial charge in [-0.15, -0.1) is 0 Å². The van der Waals surface area contributed by atoms with Crippen molar-refractivity contribution in [1.82, 2.24) is 0 Å². The fourth-order valence-electron chi connectivity index (χ4n) is 2.82. The molecular weight excluding hydrogens is 241 g/mol. The van der Waals surface area contributed by atoms with Crippen molar-refractivity contribution in [3.8, 4) is 16.9 Å². The molecule has 98 valence electrons. The number of rotatable bonds is 2. The summed E-state index contributed by atoms with van der Waals surface area (Å²) in [6.45, 7) is 0. The van der Waals surface area contributed by atoms with Gasteiger partial charge in [0, 0.05) is 11.6 Å². The minimum absolute atomic E-state index is 0.0728. The van der Waals surface area contributed by atoms with Crippen LogP contribution in [0.25, 0.3) is 11.1 Å². The molecule has 1 aliphatic rings. The summed E-state index contributed by atoms with van der Waals surface area (Å²) in [5.41, 5.74) is 9.90. The third kappa shape index (κ3) is 1.90. The van der Waals surface area contributed by atoms with Crippen LogP contribution < -0.4 is 10.5 Å². The van der Waals surface area contributed by atoms with Gasteiger partial charge in [0.15, 0.2) is 11.6 Å². The van der Waals surface area contributed by atoms with Gasteiger partial charge in [-0.25, -0.2) is 4.39 Å². The van der Waals surface area contributed by atoms with Gasteiger partial charge in [0.25, 0.3) is 0 Å². The molecular formula is C16H16FNO. The van der Waals surface area contributed by atoms with Gasteiger partial charge in [-0.3, -0.25) is 0 Å². The van der Waals surface area contributed by atoms with Crippen molar-refractivity contribution in [2.45, 2.75) is 18.9 Å². The molecule has 0 saturated carbocycles. The number of benzene rings is 2. The van der Waals surface area contributed by atoms with Crippen LogP contribution in [0.1, 0.15) is 23.6 Å². The Morgan fingerprint density at radius 2 is 1.89 bits per heavy atom. The first kappa shape index (κ1) is 12.2. The molecule has 2 aromatic rings. The van der Waals surface area contributed by atoms with Crippen LogP contribution in [0.15, 0.2) is 36.4 Å².